The summed E-state index contributed by atoms with van der Waals surface area (Å²) in [5, 5.41) is 0. The molecule has 0 aliphatic rings. The first-order valence-corrected chi connectivity index (χ1v) is 8.42. The second-order valence-electron chi connectivity index (χ2n) is 5.58. The molecule has 4 nitrogen and oxygen atoms in total. The molecule has 20 heavy (non-hydrogen) atoms. The molecule has 1 aromatic carbocycles. The number of hydrogen-bond donors (Lipinski definition) is 2. The summed E-state index contributed by atoms with van der Waals surface area (Å²) in [5.74, 6) is 0. The van der Waals surface area contributed by atoms with Crippen molar-refractivity contribution >= 4 is 27.2 Å². The highest BCUT2D eigenvalue weighted by molar-refractivity contribution is 7.89. The van der Waals surface area contributed by atoms with E-state index in [4.69, 9.17) is 18.0 Å². The second kappa shape index (κ2) is 6.20. The Balaban J connectivity index is 3.14. The normalized spacial score (nSPS) is 12.4. The van der Waals surface area contributed by atoms with Gasteiger partial charge in [0.2, 0.25) is 10.0 Å². The minimum Gasteiger partial charge on any atom is -0.389 e. The fourth-order valence-electron chi connectivity index (χ4n) is 2.20. The molecule has 0 heterocycles. The monoisotopic (exact) mass is 314 g/mol. The van der Waals surface area contributed by atoms with Crippen molar-refractivity contribution in [1.29, 1.82) is 0 Å². The maximum absolute atomic E-state index is 12.4. The number of benzene rings is 1. The zero-order valence-electron chi connectivity index (χ0n) is 12.4. The van der Waals surface area contributed by atoms with Crippen molar-refractivity contribution in [3.8, 4) is 0 Å². The molecular formula is C14H22N2O2S2. The molecule has 0 aliphatic heterocycles. The molecule has 0 saturated carbocycles. The van der Waals surface area contributed by atoms with Crippen LogP contribution in [-0.4, -0.2) is 18.9 Å². The summed E-state index contributed by atoms with van der Waals surface area (Å²) < 4.78 is 27.6. The third-order valence-corrected chi connectivity index (χ3v) is 5.13. The standard InChI is InChI=1S/C14H22N2O2S2/c1-5-8-14(3,4)16-20(17,18)12-7-6-11(13(15)19)9-10(12)2/h6-7,9,16H,5,8H2,1-4H3,(H2,15,19). The molecule has 1 aromatic rings. The lowest BCUT2D eigenvalue weighted by Crippen LogP contribution is -2.43. The van der Waals surface area contributed by atoms with Crippen molar-refractivity contribution in [2.24, 2.45) is 5.73 Å². The summed E-state index contributed by atoms with van der Waals surface area (Å²) in [6.45, 7) is 7.53. The minimum absolute atomic E-state index is 0.260. The van der Waals surface area contributed by atoms with Gasteiger partial charge in [-0.3, -0.25) is 0 Å². The first kappa shape index (κ1) is 17.1. The Morgan fingerprint density at radius 2 is 2.00 bits per heavy atom. The number of aryl methyl sites for hydroxylation is 1. The molecule has 0 saturated heterocycles. The van der Waals surface area contributed by atoms with Crippen LogP contribution in [-0.2, 0) is 10.0 Å². The molecule has 0 unspecified atom stereocenters. The zero-order chi connectivity index (χ0) is 15.6. The lowest BCUT2D eigenvalue weighted by atomic mass is 10.0. The lowest BCUT2D eigenvalue weighted by molar-refractivity contribution is 0.417. The summed E-state index contributed by atoms with van der Waals surface area (Å²) >= 11 is 4.89. The molecule has 0 fully saturated rings. The van der Waals surface area contributed by atoms with Gasteiger partial charge in [-0.2, -0.15) is 0 Å². The molecule has 0 atom stereocenters. The first-order chi connectivity index (χ1) is 9.09. The van der Waals surface area contributed by atoms with Crippen molar-refractivity contribution in [3.05, 3.63) is 29.3 Å². The van der Waals surface area contributed by atoms with Crippen LogP contribution < -0.4 is 10.5 Å². The van der Waals surface area contributed by atoms with Crippen LogP contribution in [0, 0.1) is 6.92 Å². The Kier molecular flexibility index (Phi) is 5.29. The van der Waals surface area contributed by atoms with E-state index in [-0.39, 0.29) is 9.88 Å². The molecule has 0 bridgehead atoms. The van der Waals surface area contributed by atoms with Crippen molar-refractivity contribution in [3.63, 3.8) is 0 Å². The van der Waals surface area contributed by atoms with Crippen LogP contribution in [0.25, 0.3) is 0 Å². The molecule has 0 aromatic heterocycles. The van der Waals surface area contributed by atoms with Gasteiger partial charge >= 0.3 is 0 Å². The van der Waals surface area contributed by atoms with Gasteiger partial charge in [-0.05, 0) is 44.9 Å². The Morgan fingerprint density at radius 1 is 1.40 bits per heavy atom. The number of nitrogens with two attached hydrogens (primary N) is 1. The molecule has 112 valence electrons. The van der Waals surface area contributed by atoms with E-state index < -0.39 is 15.6 Å². The molecule has 1 rings (SSSR count). The third-order valence-electron chi connectivity index (χ3n) is 3.03. The molecular weight excluding hydrogens is 292 g/mol. The Hall–Kier alpha value is -0.980. The molecule has 0 aliphatic carbocycles. The van der Waals surface area contributed by atoms with E-state index in [0.29, 0.717) is 11.1 Å². The first-order valence-electron chi connectivity index (χ1n) is 6.53. The van der Waals surface area contributed by atoms with Gasteiger partial charge in [0.15, 0.2) is 0 Å². The van der Waals surface area contributed by atoms with Crippen molar-refractivity contribution < 1.29 is 8.42 Å². The van der Waals surface area contributed by atoms with E-state index in [1.54, 1.807) is 25.1 Å². The van der Waals surface area contributed by atoms with Crippen LogP contribution in [0.3, 0.4) is 0 Å². The average molecular weight is 314 g/mol. The van der Waals surface area contributed by atoms with Crippen molar-refractivity contribution in [1.82, 2.24) is 4.72 Å². The number of rotatable bonds is 6. The SMILES string of the molecule is CCCC(C)(C)NS(=O)(=O)c1ccc(C(N)=S)cc1C. The van der Waals surface area contributed by atoms with Crippen molar-refractivity contribution in [2.45, 2.75) is 51.0 Å². The topological polar surface area (TPSA) is 72.2 Å². The predicted molar refractivity (Wildman–Crippen MR) is 86.4 cm³/mol. The van der Waals surface area contributed by atoms with Crippen LogP contribution in [0.2, 0.25) is 0 Å². The lowest BCUT2D eigenvalue weighted by Gasteiger charge is -2.26. The largest absolute Gasteiger partial charge is 0.389 e. The number of sulfonamides is 1. The number of hydrogen-bond acceptors (Lipinski definition) is 3. The van der Waals surface area contributed by atoms with Crippen molar-refractivity contribution in [2.75, 3.05) is 0 Å². The molecule has 0 amide bonds. The summed E-state index contributed by atoms with van der Waals surface area (Å²) in [6.07, 6.45) is 1.69. The van der Waals surface area contributed by atoms with Gasteiger partial charge < -0.3 is 5.73 Å². The van der Waals surface area contributed by atoms with Crippen LogP contribution in [0.5, 0.6) is 0 Å². The third kappa shape index (κ3) is 4.26. The van der Waals surface area contributed by atoms with E-state index in [2.05, 4.69) is 4.72 Å². The number of thiocarbonyl (C=S) groups is 1. The van der Waals surface area contributed by atoms with Gasteiger partial charge in [-0.1, -0.05) is 31.6 Å². The van der Waals surface area contributed by atoms with E-state index in [0.717, 1.165) is 12.8 Å². The summed E-state index contributed by atoms with van der Waals surface area (Å²) in [5.41, 5.74) is 6.38. The summed E-state index contributed by atoms with van der Waals surface area (Å²) in [7, 11) is -3.55. The van der Waals surface area contributed by atoms with E-state index >= 15 is 0 Å². The highest BCUT2D eigenvalue weighted by Crippen LogP contribution is 2.20. The molecule has 6 heteroatoms. The maximum atomic E-state index is 12.4. The summed E-state index contributed by atoms with van der Waals surface area (Å²) in [6, 6.07) is 4.88. The minimum atomic E-state index is -3.55. The maximum Gasteiger partial charge on any atom is 0.241 e. The van der Waals surface area contributed by atoms with Crippen LogP contribution >= 0.6 is 12.2 Å². The van der Waals surface area contributed by atoms with Gasteiger partial charge in [0.25, 0.3) is 0 Å². The van der Waals surface area contributed by atoms with Crippen LogP contribution in [0.15, 0.2) is 23.1 Å². The average Bonchev–Trinajstić information content (AvgIpc) is 2.26. The fourth-order valence-corrected chi connectivity index (χ4v) is 4.00. The smallest absolute Gasteiger partial charge is 0.241 e. The van der Waals surface area contributed by atoms with E-state index in [1.807, 2.05) is 20.8 Å². The molecule has 0 radical (unpaired) electrons. The van der Waals surface area contributed by atoms with Crippen LogP contribution in [0.4, 0.5) is 0 Å². The summed E-state index contributed by atoms with van der Waals surface area (Å²) in [4.78, 5) is 0.526. The Bertz CT molecular complexity index is 608. The predicted octanol–water partition coefficient (Wildman–Crippen LogP) is 2.49. The number of nitrogens with one attached hydrogen (secondary N) is 1. The second-order valence-corrected chi connectivity index (χ2v) is 7.67. The van der Waals surface area contributed by atoms with Gasteiger partial charge in [-0.25, -0.2) is 13.1 Å². The quantitative estimate of drug-likeness (QED) is 0.791. The fraction of sp³-hybridized carbons (Fsp3) is 0.500. The highest BCUT2D eigenvalue weighted by Gasteiger charge is 2.26. The van der Waals surface area contributed by atoms with Gasteiger partial charge in [-0.15, -0.1) is 0 Å². The van der Waals surface area contributed by atoms with Gasteiger partial charge in [0.1, 0.15) is 4.99 Å². The molecule has 0 spiro atoms. The Labute approximate surface area is 126 Å². The van der Waals surface area contributed by atoms with E-state index in [9.17, 15) is 8.42 Å². The molecule has 3 N–H and O–H groups in total. The van der Waals surface area contributed by atoms with E-state index in [1.165, 1.54) is 0 Å². The van der Waals surface area contributed by atoms with Gasteiger partial charge in [0, 0.05) is 11.1 Å². The van der Waals surface area contributed by atoms with Gasteiger partial charge in [0.05, 0.1) is 4.90 Å². The zero-order valence-corrected chi connectivity index (χ0v) is 14.0. The van der Waals surface area contributed by atoms with Crippen LogP contribution in [0.1, 0.15) is 44.7 Å². The highest BCUT2D eigenvalue weighted by atomic mass is 32.2. The Morgan fingerprint density at radius 3 is 2.45 bits per heavy atom.